The number of hydrogen-bond acceptors (Lipinski definition) is 5. The Morgan fingerprint density at radius 1 is 1.44 bits per heavy atom. The third kappa shape index (κ3) is 2.63. The van der Waals surface area contributed by atoms with E-state index < -0.39 is 0 Å². The number of benzene rings is 1. The molecule has 0 aliphatic carbocycles. The zero-order valence-electron chi connectivity index (χ0n) is 8.61. The average molecular weight is 300 g/mol. The van der Waals surface area contributed by atoms with Gasteiger partial charge in [-0.1, -0.05) is 22.0 Å². The van der Waals surface area contributed by atoms with Gasteiger partial charge in [0.1, 0.15) is 0 Å². The molecule has 1 aromatic carbocycles. The Kier molecular flexibility index (Phi) is 3.63. The van der Waals surface area contributed by atoms with Gasteiger partial charge in [0.2, 0.25) is 5.89 Å². The van der Waals surface area contributed by atoms with Crippen LogP contribution >= 0.6 is 27.7 Å². The van der Waals surface area contributed by atoms with E-state index in [-0.39, 0.29) is 0 Å². The van der Waals surface area contributed by atoms with Crippen LogP contribution in [0.5, 0.6) is 0 Å². The molecule has 0 atom stereocenters. The Labute approximate surface area is 106 Å². The summed E-state index contributed by atoms with van der Waals surface area (Å²) in [5.74, 6) is 0.570. The molecule has 2 aromatic rings. The summed E-state index contributed by atoms with van der Waals surface area (Å²) in [7, 11) is 0. The highest BCUT2D eigenvalue weighted by atomic mass is 79.9. The molecule has 4 nitrogen and oxygen atoms in total. The van der Waals surface area contributed by atoms with Gasteiger partial charge >= 0.3 is 0 Å². The van der Waals surface area contributed by atoms with Gasteiger partial charge in [-0.25, -0.2) is 0 Å². The standard InChI is InChI=1S/C10H10BrN3OS/c1-6-13-14-10(15-6)16-8-3-2-7(5-12)9(11)4-8/h2-4H,5,12H2,1H3. The van der Waals surface area contributed by atoms with E-state index in [4.69, 9.17) is 10.2 Å². The van der Waals surface area contributed by atoms with Gasteiger partial charge in [-0.05, 0) is 29.5 Å². The number of aryl methyl sites for hydroxylation is 1. The lowest BCUT2D eigenvalue weighted by atomic mass is 10.2. The molecular formula is C10H10BrN3OS. The van der Waals surface area contributed by atoms with E-state index in [0.717, 1.165) is 14.9 Å². The lowest BCUT2D eigenvalue weighted by Gasteiger charge is -2.02. The average Bonchev–Trinajstić information content (AvgIpc) is 2.64. The summed E-state index contributed by atoms with van der Waals surface area (Å²) in [5, 5.41) is 8.24. The fraction of sp³-hybridized carbons (Fsp3) is 0.200. The molecule has 2 rings (SSSR count). The molecule has 0 fully saturated rings. The first kappa shape index (κ1) is 11.6. The van der Waals surface area contributed by atoms with Gasteiger partial charge in [-0.15, -0.1) is 10.2 Å². The summed E-state index contributed by atoms with van der Waals surface area (Å²) >= 11 is 4.90. The van der Waals surface area contributed by atoms with Gasteiger partial charge in [-0.3, -0.25) is 0 Å². The molecule has 0 bridgehead atoms. The van der Waals surface area contributed by atoms with Gasteiger partial charge in [-0.2, -0.15) is 0 Å². The first-order valence-corrected chi connectivity index (χ1v) is 6.26. The van der Waals surface area contributed by atoms with Crippen LogP contribution in [0.3, 0.4) is 0 Å². The van der Waals surface area contributed by atoms with Gasteiger partial charge in [0.25, 0.3) is 5.22 Å². The minimum Gasteiger partial charge on any atom is -0.416 e. The van der Waals surface area contributed by atoms with Crippen molar-refractivity contribution in [2.45, 2.75) is 23.6 Å². The van der Waals surface area contributed by atoms with Crippen molar-refractivity contribution in [2.75, 3.05) is 0 Å². The van der Waals surface area contributed by atoms with Crippen molar-refractivity contribution in [3.05, 3.63) is 34.1 Å². The van der Waals surface area contributed by atoms with E-state index >= 15 is 0 Å². The topological polar surface area (TPSA) is 64.9 Å². The summed E-state index contributed by atoms with van der Waals surface area (Å²) in [4.78, 5) is 1.03. The third-order valence-corrected chi connectivity index (χ3v) is 3.52. The highest BCUT2D eigenvalue weighted by Crippen LogP contribution is 2.29. The SMILES string of the molecule is Cc1nnc(Sc2ccc(CN)c(Br)c2)o1. The third-order valence-electron chi connectivity index (χ3n) is 1.96. The fourth-order valence-corrected chi connectivity index (χ4v) is 2.63. The maximum Gasteiger partial charge on any atom is 0.281 e. The number of rotatable bonds is 3. The second kappa shape index (κ2) is 4.99. The van der Waals surface area contributed by atoms with Gasteiger partial charge in [0.15, 0.2) is 0 Å². The van der Waals surface area contributed by atoms with Gasteiger partial charge < -0.3 is 10.2 Å². The van der Waals surface area contributed by atoms with E-state index in [1.807, 2.05) is 18.2 Å². The number of aromatic nitrogens is 2. The van der Waals surface area contributed by atoms with Crippen molar-refractivity contribution in [3.63, 3.8) is 0 Å². The number of nitrogens with two attached hydrogens (primary N) is 1. The molecule has 1 heterocycles. The van der Waals surface area contributed by atoms with Crippen LogP contribution in [-0.4, -0.2) is 10.2 Å². The first-order chi connectivity index (χ1) is 7.69. The minimum absolute atomic E-state index is 0.519. The molecule has 2 N–H and O–H groups in total. The van der Waals surface area contributed by atoms with Crippen molar-refractivity contribution < 1.29 is 4.42 Å². The molecule has 1 aromatic heterocycles. The minimum atomic E-state index is 0.519. The van der Waals surface area contributed by atoms with E-state index in [1.165, 1.54) is 11.8 Å². The van der Waals surface area contributed by atoms with E-state index in [9.17, 15) is 0 Å². The Morgan fingerprint density at radius 2 is 2.25 bits per heavy atom. The molecule has 0 aliphatic rings. The summed E-state index contributed by atoms with van der Waals surface area (Å²) < 4.78 is 6.28. The molecule has 16 heavy (non-hydrogen) atoms. The summed E-state index contributed by atoms with van der Waals surface area (Å²) in [6, 6.07) is 5.96. The molecule has 0 aliphatic heterocycles. The predicted octanol–water partition coefficient (Wildman–Crippen LogP) is 2.75. The highest BCUT2D eigenvalue weighted by Gasteiger charge is 2.06. The zero-order valence-corrected chi connectivity index (χ0v) is 11.0. The first-order valence-electron chi connectivity index (χ1n) is 4.65. The van der Waals surface area contributed by atoms with Crippen molar-refractivity contribution in [1.82, 2.24) is 10.2 Å². The molecule has 6 heteroatoms. The molecule has 0 saturated carbocycles. The van der Waals surface area contributed by atoms with Crippen molar-refractivity contribution in [1.29, 1.82) is 0 Å². The Bertz CT molecular complexity index is 501. The van der Waals surface area contributed by atoms with Crippen molar-refractivity contribution in [3.8, 4) is 0 Å². The maximum absolute atomic E-state index is 5.58. The quantitative estimate of drug-likeness (QED) is 0.944. The highest BCUT2D eigenvalue weighted by molar-refractivity contribution is 9.10. The lowest BCUT2D eigenvalue weighted by Crippen LogP contribution is -1.96. The summed E-state index contributed by atoms with van der Waals surface area (Å²) in [6.07, 6.45) is 0. The van der Waals surface area contributed by atoms with Crippen LogP contribution in [-0.2, 0) is 6.54 Å². The number of hydrogen-bond donors (Lipinski definition) is 1. The Morgan fingerprint density at radius 3 is 2.81 bits per heavy atom. The van der Waals surface area contributed by atoms with Crippen LogP contribution in [0.15, 0.2) is 37.2 Å². The molecule has 0 radical (unpaired) electrons. The molecule has 0 saturated heterocycles. The van der Waals surface area contributed by atoms with E-state index in [2.05, 4.69) is 26.1 Å². The number of halogens is 1. The molecule has 0 spiro atoms. The second-order valence-electron chi connectivity index (χ2n) is 3.15. The molecular weight excluding hydrogens is 290 g/mol. The second-order valence-corrected chi connectivity index (χ2v) is 5.03. The Hall–Kier alpha value is -0.850. The van der Waals surface area contributed by atoms with Crippen molar-refractivity contribution >= 4 is 27.7 Å². The monoisotopic (exact) mass is 299 g/mol. The zero-order chi connectivity index (χ0) is 11.5. The van der Waals surface area contributed by atoms with E-state index in [0.29, 0.717) is 17.7 Å². The van der Waals surface area contributed by atoms with Crippen LogP contribution in [0.2, 0.25) is 0 Å². The molecule has 84 valence electrons. The summed E-state index contributed by atoms with van der Waals surface area (Å²) in [6.45, 7) is 2.29. The smallest absolute Gasteiger partial charge is 0.281 e. The number of nitrogens with zero attached hydrogens (tertiary/aromatic N) is 2. The molecule has 0 amide bonds. The largest absolute Gasteiger partial charge is 0.416 e. The van der Waals surface area contributed by atoms with Crippen molar-refractivity contribution in [2.24, 2.45) is 5.73 Å². The maximum atomic E-state index is 5.58. The van der Waals surface area contributed by atoms with Crippen LogP contribution in [0, 0.1) is 6.92 Å². The Balaban J connectivity index is 2.19. The van der Waals surface area contributed by atoms with Crippen LogP contribution in [0.4, 0.5) is 0 Å². The van der Waals surface area contributed by atoms with Crippen LogP contribution < -0.4 is 5.73 Å². The fourth-order valence-electron chi connectivity index (χ4n) is 1.18. The van der Waals surface area contributed by atoms with Gasteiger partial charge in [0, 0.05) is 22.8 Å². The van der Waals surface area contributed by atoms with Gasteiger partial charge in [0.05, 0.1) is 0 Å². The molecule has 0 unspecified atom stereocenters. The predicted molar refractivity (Wildman–Crippen MR) is 65.2 cm³/mol. The lowest BCUT2D eigenvalue weighted by molar-refractivity contribution is 0.429. The normalized spacial score (nSPS) is 10.7. The van der Waals surface area contributed by atoms with E-state index in [1.54, 1.807) is 6.92 Å². The van der Waals surface area contributed by atoms with Crippen LogP contribution in [0.25, 0.3) is 0 Å². The van der Waals surface area contributed by atoms with Crippen LogP contribution in [0.1, 0.15) is 11.5 Å². The summed E-state index contributed by atoms with van der Waals surface area (Å²) in [5.41, 5.74) is 6.65.